The first-order chi connectivity index (χ1) is 13.6. The highest BCUT2D eigenvalue weighted by Gasteiger charge is 2.53. The number of ether oxygens (including phenoxy) is 1. The Labute approximate surface area is 171 Å². The van der Waals surface area contributed by atoms with Crippen LogP contribution in [0.1, 0.15) is 46.1 Å². The topological polar surface area (TPSA) is 44.8 Å². The maximum Gasteiger partial charge on any atom is 0.497 e. The van der Waals surface area contributed by atoms with E-state index in [2.05, 4.69) is 0 Å². The molecule has 0 spiro atoms. The molecule has 1 aliphatic heterocycles. The van der Waals surface area contributed by atoms with Crippen LogP contribution >= 0.6 is 0 Å². The van der Waals surface area contributed by atoms with Gasteiger partial charge in [0.25, 0.3) is 0 Å². The molecule has 29 heavy (non-hydrogen) atoms. The van der Waals surface area contributed by atoms with Crippen LogP contribution in [0.15, 0.2) is 42.5 Å². The van der Waals surface area contributed by atoms with Gasteiger partial charge in [0, 0.05) is 5.46 Å². The zero-order valence-corrected chi connectivity index (χ0v) is 17.5. The quantitative estimate of drug-likeness (QED) is 0.579. The van der Waals surface area contributed by atoms with Crippen LogP contribution in [0.2, 0.25) is 0 Å². The zero-order valence-electron chi connectivity index (χ0n) is 17.5. The van der Waals surface area contributed by atoms with Gasteiger partial charge >= 0.3 is 13.1 Å². The van der Waals surface area contributed by atoms with Crippen LogP contribution in [0.25, 0.3) is 11.1 Å². The molecular formula is C23H26BFO4. The van der Waals surface area contributed by atoms with Crippen molar-refractivity contribution in [3.63, 3.8) is 0 Å². The molecule has 152 valence electrons. The van der Waals surface area contributed by atoms with E-state index < -0.39 is 23.7 Å². The van der Waals surface area contributed by atoms with Crippen LogP contribution in [0, 0.1) is 5.82 Å². The maximum absolute atomic E-state index is 14.9. The van der Waals surface area contributed by atoms with E-state index in [0.717, 1.165) is 29.5 Å². The molecule has 4 rings (SSSR count). The summed E-state index contributed by atoms with van der Waals surface area (Å²) in [7, 11) is 0.687. The molecule has 1 saturated carbocycles. The monoisotopic (exact) mass is 396 g/mol. The van der Waals surface area contributed by atoms with Crippen molar-refractivity contribution in [3.05, 3.63) is 53.8 Å². The molecular weight excluding hydrogens is 370 g/mol. The first-order valence-electron chi connectivity index (χ1n) is 9.94. The van der Waals surface area contributed by atoms with Gasteiger partial charge in [-0.1, -0.05) is 36.4 Å². The lowest BCUT2D eigenvalue weighted by Crippen LogP contribution is -2.41. The molecule has 2 aromatic rings. The summed E-state index contributed by atoms with van der Waals surface area (Å²) in [5.74, 6) is -0.554. The average molecular weight is 396 g/mol. The van der Waals surface area contributed by atoms with E-state index in [0.29, 0.717) is 5.46 Å². The van der Waals surface area contributed by atoms with Crippen molar-refractivity contribution in [2.24, 2.45) is 0 Å². The van der Waals surface area contributed by atoms with E-state index in [1.54, 1.807) is 6.07 Å². The predicted molar refractivity (Wildman–Crippen MR) is 110 cm³/mol. The van der Waals surface area contributed by atoms with Gasteiger partial charge in [-0.3, -0.25) is 4.79 Å². The SMILES string of the molecule is COC(=O)C1(c2ccc(-c3ccc(B4OC(C)(C)C(C)(C)O4)c(F)c3)cc2)CC1. The van der Waals surface area contributed by atoms with Gasteiger partial charge in [-0.2, -0.15) is 0 Å². The van der Waals surface area contributed by atoms with Crippen molar-refractivity contribution in [3.8, 4) is 11.1 Å². The molecule has 2 aromatic carbocycles. The van der Waals surface area contributed by atoms with Gasteiger partial charge in [-0.25, -0.2) is 4.39 Å². The Kier molecular flexibility index (Phi) is 4.63. The largest absolute Gasteiger partial charge is 0.497 e. The second kappa shape index (κ2) is 6.68. The Morgan fingerprint density at radius 2 is 1.52 bits per heavy atom. The van der Waals surface area contributed by atoms with Gasteiger partial charge in [0.05, 0.1) is 23.7 Å². The number of carbonyl (C=O) groups excluding carboxylic acids is 1. The van der Waals surface area contributed by atoms with Crippen molar-refractivity contribution in [1.29, 1.82) is 0 Å². The van der Waals surface area contributed by atoms with Crippen molar-refractivity contribution in [1.82, 2.24) is 0 Å². The number of halogens is 1. The first kappa shape index (κ1) is 20.1. The van der Waals surface area contributed by atoms with Gasteiger partial charge < -0.3 is 14.0 Å². The Morgan fingerprint density at radius 3 is 2.00 bits per heavy atom. The van der Waals surface area contributed by atoms with Crippen molar-refractivity contribution >= 4 is 18.6 Å². The number of carbonyl (C=O) groups is 1. The number of benzene rings is 2. The molecule has 0 N–H and O–H groups in total. The predicted octanol–water partition coefficient (Wildman–Crippen LogP) is 4.00. The van der Waals surface area contributed by atoms with Crippen LogP contribution < -0.4 is 5.46 Å². The van der Waals surface area contributed by atoms with Crippen molar-refractivity contribution in [2.45, 2.75) is 57.2 Å². The summed E-state index contributed by atoms with van der Waals surface area (Å²) in [6, 6.07) is 12.8. The lowest BCUT2D eigenvalue weighted by molar-refractivity contribution is -0.143. The molecule has 2 fully saturated rings. The third kappa shape index (κ3) is 3.28. The summed E-state index contributed by atoms with van der Waals surface area (Å²) in [5.41, 5.74) is 1.45. The summed E-state index contributed by atoms with van der Waals surface area (Å²) in [6.45, 7) is 7.78. The van der Waals surface area contributed by atoms with E-state index in [1.165, 1.54) is 13.2 Å². The molecule has 0 radical (unpaired) electrons. The number of hydrogen-bond donors (Lipinski definition) is 0. The Hall–Kier alpha value is -2.18. The molecule has 4 nitrogen and oxygen atoms in total. The molecule has 1 saturated heterocycles. The molecule has 1 aliphatic carbocycles. The van der Waals surface area contributed by atoms with Crippen LogP contribution in [0.4, 0.5) is 4.39 Å². The fourth-order valence-corrected chi connectivity index (χ4v) is 3.78. The molecule has 2 aliphatic rings. The maximum atomic E-state index is 14.9. The summed E-state index contributed by atoms with van der Waals surface area (Å²) < 4.78 is 31.8. The highest BCUT2D eigenvalue weighted by molar-refractivity contribution is 6.62. The number of hydrogen-bond acceptors (Lipinski definition) is 4. The minimum Gasteiger partial charge on any atom is -0.468 e. The smallest absolute Gasteiger partial charge is 0.468 e. The first-order valence-corrected chi connectivity index (χ1v) is 9.94. The standard InChI is InChI=1S/C23H26BFO4/c1-21(2)22(3,4)29-24(28-21)18-11-8-16(14-19(18)25)15-6-9-17(10-7-15)23(12-13-23)20(26)27-5/h6-11,14H,12-13H2,1-5H3. The van der Waals surface area contributed by atoms with E-state index in [4.69, 9.17) is 14.0 Å². The van der Waals surface area contributed by atoms with Crippen LogP contribution in [0.3, 0.4) is 0 Å². The lowest BCUT2D eigenvalue weighted by atomic mass is 9.78. The molecule has 6 heteroatoms. The number of rotatable bonds is 4. The fourth-order valence-electron chi connectivity index (χ4n) is 3.78. The Balaban J connectivity index is 1.57. The average Bonchev–Trinajstić information content (AvgIpc) is 3.44. The van der Waals surface area contributed by atoms with Crippen LogP contribution in [0.5, 0.6) is 0 Å². The van der Waals surface area contributed by atoms with Gasteiger partial charge in [0.1, 0.15) is 5.82 Å². The zero-order chi connectivity index (χ0) is 21.0. The molecule has 0 bridgehead atoms. The van der Waals surface area contributed by atoms with E-state index >= 15 is 0 Å². The lowest BCUT2D eigenvalue weighted by Gasteiger charge is -2.32. The fraction of sp³-hybridized carbons (Fsp3) is 0.435. The van der Waals surface area contributed by atoms with Gasteiger partial charge in [0.15, 0.2) is 0 Å². The highest BCUT2D eigenvalue weighted by atomic mass is 19.1. The third-order valence-corrected chi connectivity index (χ3v) is 6.60. The van der Waals surface area contributed by atoms with Gasteiger partial charge in [-0.15, -0.1) is 0 Å². The van der Waals surface area contributed by atoms with Crippen molar-refractivity contribution < 1.29 is 23.2 Å². The van der Waals surface area contributed by atoms with E-state index in [-0.39, 0.29) is 11.8 Å². The molecule has 0 unspecified atom stereocenters. The third-order valence-electron chi connectivity index (χ3n) is 6.60. The second-order valence-corrected chi connectivity index (χ2v) is 8.98. The molecule has 0 amide bonds. The van der Waals surface area contributed by atoms with Gasteiger partial charge in [-0.05, 0) is 63.3 Å². The Morgan fingerprint density at radius 1 is 0.966 bits per heavy atom. The summed E-state index contributed by atoms with van der Waals surface area (Å²) in [6.07, 6.45) is 1.60. The minimum absolute atomic E-state index is 0.192. The molecule has 1 heterocycles. The highest BCUT2D eigenvalue weighted by Crippen LogP contribution is 2.49. The van der Waals surface area contributed by atoms with Gasteiger partial charge in [0.2, 0.25) is 0 Å². The second-order valence-electron chi connectivity index (χ2n) is 8.98. The summed E-state index contributed by atoms with van der Waals surface area (Å²) >= 11 is 0. The van der Waals surface area contributed by atoms with Crippen molar-refractivity contribution in [2.75, 3.05) is 7.11 Å². The number of methoxy groups -OCH3 is 1. The van der Waals surface area contributed by atoms with Crippen LogP contribution in [-0.2, 0) is 24.3 Å². The van der Waals surface area contributed by atoms with E-state index in [9.17, 15) is 9.18 Å². The summed E-state index contributed by atoms with van der Waals surface area (Å²) in [4.78, 5) is 12.1. The number of esters is 1. The molecule has 0 atom stereocenters. The Bertz CT molecular complexity index is 932. The van der Waals surface area contributed by atoms with Crippen LogP contribution in [-0.4, -0.2) is 31.4 Å². The minimum atomic E-state index is -0.730. The summed E-state index contributed by atoms with van der Waals surface area (Å²) in [5, 5.41) is 0. The van der Waals surface area contributed by atoms with E-state index in [1.807, 2.05) is 58.0 Å². The normalized spacial score (nSPS) is 21.1. The molecule has 0 aromatic heterocycles.